The molecule has 0 spiro atoms. The number of carbonyl (C=O) groups excluding carboxylic acids is 4. The topological polar surface area (TPSA) is 130 Å². The molecule has 9 nitrogen and oxygen atoms in total. The molecule has 1 aliphatic heterocycles. The van der Waals surface area contributed by atoms with Gasteiger partial charge in [-0.15, -0.1) is 0 Å². The van der Waals surface area contributed by atoms with Gasteiger partial charge in [0.15, 0.2) is 11.8 Å². The summed E-state index contributed by atoms with van der Waals surface area (Å²) in [6.07, 6.45) is 0.576. The Hall–Kier alpha value is -3.36. The van der Waals surface area contributed by atoms with Gasteiger partial charge in [-0.3, -0.25) is 10.1 Å². The lowest BCUT2D eigenvalue weighted by molar-refractivity contribution is -0.123. The third kappa shape index (κ3) is 2.67. The van der Waals surface area contributed by atoms with Gasteiger partial charge in [-0.1, -0.05) is 12.1 Å². The van der Waals surface area contributed by atoms with Gasteiger partial charge in [0, 0.05) is 12.4 Å². The maximum absolute atomic E-state index is 12.1. The van der Waals surface area contributed by atoms with E-state index >= 15 is 0 Å². The molecule has 0 aliphatic carbocycles. The van der Waals surface area contributed by atoms with E-state index in [-0.39, 0.29) is 5.76 Å². The van der Waals surface area contributed by atoms with E-state index in [0.29, 0.717) is 22.8 Å². The van der Waals surface area contributed by atoms with Gasteiger partial charge in [-0.2, -0.15) is 0 Å². The Morgan fingerprint density at radius 1 is 1.31 bits per heavy atom. The van der Waals surface area contributed by atoms with Crippen LogP contribution in [0.1, 0.15) is 25.2 Å². The molecule has 0 saturated carbocycles. The Kier molecular flexibility index (Phi) is 3.94. The molecule has 2 heterocycles. The highest BCUT2D eigenvalue weighted by atomic mass is 16.3. The molecule has 3 rings (SSSR count). The molecule has 4 N–H and O–H groups in total. The fourth-order valence-corrected chi connectivity index (χ4v) is 2.79. The second-order valence-electron chi connectivity index (χ2n) is 6.42. The summed E-state index contributed by atoms with van der Waals surface area (Å²) in [6.45, 7) is 3.10. The van der Waals surface area contributed by atoms with E-state index in [9.17, 15) is 19.2 Å². The van der Waals surface area contributed by atoms with Gasteiger partial charge >= 0.3 is 12.1 Å². The van der Waals surface area contributed by atoms with Gasteiger partial charge in [0.1, 0.15) is 16.9 Å². The van der Waals surface area contributed by atoms with Crippen molar-refractivity contribution in [1.29, 1.82) is 0 Å². The summed E-state index contributed by atoms with van der Waals surface area (Å²) in [5, 5.41) is 10.4. The number of aldehydes is 1. The first kappa shape index (κ1) is 17.5. The van der Waals surface area contributed by atoms with Crippen LogP contribution in [-0.2, 0) is 20.7 Å². The number of carbonyl (C=O) groups is 4. The highest BCUT2D eigenvalue weighted by Crippen LogP contribution is 2.31. The zero-order valence-electron chi connectivity index (χ0n) is 14.4. The van der Waals surface area contributed by atoms with Crippen molar-refractivity contribution in [3.8, 4) is 0 Å². The van der Waals surface area contributed by atoms with Crippen LogP contribution in [0.4, 0.5) is 9.59 Å². The molecule has 136 valence electrons. The van der Waals surface area contributed by atoms with Crippen molar-refractivity contribution < 1.29 is 23.6 Å². The maximum atomic E-state index is 12.1. The molecular formula is C17H18N4O5. The normalized spacial score (nSPS) is 21.7. The quantitative estimate of drug-likeness (QED) is 0.475. The van der Waals surface area contributed by atoms with Crippen LogP contribution in [-0.4, -0.2) is 31.3 Å². The third-order valence-corrected chi connectivity index (χ3v) is 4.49. The Labute approximate surface area is 148 Å². The first-order valence-electron chi connectivity index (χ1n) is 7.86. The molecular weight excluding hydrogens is 340 g/mol. The minimum atomic E-state index is -1.36. The largest absolute Gasteiger partial charge is 0.458 e. The standard InChI is InChI=1S/C17H18N4O5/c1-16(8-22,20-14(24)18-3)12-6-9-4-5-10(7-11(9)26-12)17(2)13(23)19-15(25)21-17/h4-8H,1-3H3,(H2,18,20,24)(H2,19,21,23,25). The molecule has 0 bridgehead atoms. The summed E-state index contributed by atoms with van der Waals surface area (Å²) in [7, 11) is 1.44. The summed E-state index contributed by atoms with van der Waals surface area (Å²) in [5.41, 5.74) is -1.63. The van der Waals surface area contributed by atoms with E-state index in [1.807, 2.05) is 0 Å². The SMILES string of the molecule is CNC(=O)NC(C)(C=O)c1cc2ccc(C3(C)NC(=O)NC3=O)cc2o1. The second-order valence-corrected chi connectivity index (χ2v) is 6.42. The molecule has 1 fully saturated rings. The summed E-state index contributed by atoms with van der Waals surface area (Å²) < 4.78 is 5.76. The molecule has 0 radical (unpaired) electrons. The minimum absolute atomic E-state index is 0.244. The van der Waals surface area contributed by atoms with Gasteiger partial charge in [0.25, 0.3) is 5.91 Å². The van der Waals surface area contributed by atoms with Crippen LogP contribution in [0.15, 0.2) is 28.7 Å². The lowest BCUT2D eigenvalue weighted by atomic mass is 9.92. The fraction of sp³-hybridized carbons (Fsp3) is 0.294. The van der Waals surface area contributed by atoms with Crippen molar-refractivity contribution in [2.24, 2.45) is 0 Å². The van der Waals surface area contributed by atoms with Crippen LogP contribution in [0.2, 0.25) is 0 Å². The van der Waals surface area contributed by atoms with Crippen LogP contribution in [0, 0.1) is 0 Å². The number of hydrogen-bond acceptors (Lipinski definition) is 5. The lowest BCUT2D eigenvalue weighted by Gasteiger charge is -2.21. The van der Waals surface area contributed by atoms with Gasteiger partial charge in [0.2, 0.25) is 0 Å². The third-order valence-electron chi connectivity index (χ3n) is 4.49. The number of hydrogen-bond donors (Lipinski definition) is 4. The van der Waals surface area contributed by atoms with E-state index in [1.165, 1.54) is 14.0 Å². The zero-order chi connectivity index (χ0) is 19.1. The lowest BCUT2D eigenvalue weighted by Crippen LogP contribution is -2.48. The molecule has 2 unspecified atom stereocenters. The van der Waals surface area contributed by atoms with Crippen molar-refractivity contribution in [1.82, 2.24) is 21.3 Å². The Balaban J connectivity index is 2.02. The molecule has 2 aromatic rings. The first-order valence-corrected chi connectivity index (χ1v) is 7.86. The van der Waals surface area contributed by atoms with Gasteiger partial charge in [-0.25, -0.2) is 9.59 Å². The van der Waals surface area contributed by atoms with Crippen LogP contribution < -0.4 is 21.3 Å². The fourth-order valence-electron chi connectivity index (χ4n) is 2.79. The summed E-state index contributed by atoms with van der Waals surface area (Å²) in [4.78, 5) is 46.7. The molecule has 1 aromatic heterocycles. The number of furan rings is 1. The predicted octanol–water partition coefficient (Wildman–Crippen LogP) is 0.830. The van der Waals surface area contributed by atoms with Crippen LogP contribution in [0.25, 0.3) is 11.0 Å². The van der Waals surface area contributed by atoms with E-state index in [4.69, 9.17) is 4.42 Å². The molecule has 1 saturated heterocycles. The average molecular weight is 358 g/mol. The Bertz CT molecular complexity index is 936. The molecule has 9 heteroatoms. The number of benzene rings is 1. The number of amides is 5. The summed E-state index contributed by atoms with van der Waals surface area (Å²) in [5.74, 6) is -0.221. The first-order chi connectivity index (χ1) is 12.2. The number of imide groups is 1. The van der Waals surface area contributed by atoms with Crippen molar-refractivity contribution in [3.63, 3.8) is 0 Å². The number of fused-ring (bicyclic) bond motifs is 1. The van der Waals surface area contributed by atoms with Crippen molar-refractivity contribution in [2.45, 2.75) is 24.9 Å². The smallest absolute Gasteiger partial charge is 0.322 e. The van der Waals surface area contributed by atoms with E-state index < -0.39 is 29.0 Å². The minimum Gasteiger partial charge on any atom is -0.458 e. The monoisotopic (exact) mass is 358 g/mol. The van der Waals surface area contributed by atoms with Crippen LogP contribution in [0.3, 0.4) is 0 Å². The second kappa shape index (κ2) is 5.87. The molecule has 1 aliphatic rings. The van der Waals surface area contributed by atoms with Crippen molar-refractivity contribution in [3.05, 3.63) is 35.6 Å². The maximum Gasteiger partial charge on any atom is 0.322 e. The molecule has 5 amide bonds. The van der Waals surface area contributed by atoms with E-state index in [2.05, 4.69) is 21.3 Å². The highest BCUT2D eigenvalue weighted by molar-refractivity contribution is 6.07. The van der Waals surface area contributed by atoms with Crippen LogP contribution in [0.5, 0.6) is 0 Å². The van der Waals surface area contributed by atoms with Crippen LogP contribution >= 0.6 is 0 Å². The molecule has 1 aromatic carbocycles. The Morgan fingerprint density at radius 3 is 2.62 bits per heavy atom. The number of nitrogens with one attached hydrogen (secondary N) is 4. The molecule has 2 atom stereocenters. The van der Waals surface area contributed by atoms with E-state index in [0.717, 1.165) is 0 Å². The summed E-state index contributed by atoms with van der Waals surface area (Å²) in [6, 6.07) is 5.57. The average Bonchev–Trinajstić information content (AvgIpc) is 3.15. The predicted molar refractivity (Wildman–Crippen MR) is 91.2 cm³/mol. The summed E-state index contributed by atoms with van der Waals surface area (Å²) >= 11 is 0. The molecule has 26 heavy (non-hydrogen) atoms. The number of rotatable bonds is 4. The Morgan fingerprint density at radius 2 is 2.04 bits per heavy atom. The van der Waals surface area contributed by atoms with E-state index in [1.54, 1.807) is 31.2 Å². The zero-order valence-corrected chi connectivity index (χ0v) is 14.4. The van der Waals surface area contributed by atoms with Gasteiger partial charge in [-0.05, 0) is 31.5 Å². The van der Waals surface area contributed by atoms with Gasteiger partial charge in [0.05, 0.1) is 0 Å². The van der Waals surface area contributed by atoms with Gasteiger partial charge < -0.3 is 25.2 Å². The van der Waals surface area contributed by atoms with Crippen molar-refractivity contribution in [2.75, 3.05) is 7.05 Å². The van der Waals surface area contributed by atoms with Crippen molar-refractivity contribution >= 4 is 35.2 Å². The highest BCUT2D eigenvalue weighted by Gasteiger charge is 2.43. The number of urea groups is 2.